The topological polar surface area (TPSA) is 52.7 Å². The lowest BCUT2D eigenvalue weighted by Gasteiger charge is -2.34. The highest BCUT2D eigenvalue weighted by atomic mass is 19.1. The van der Waals surface area contributed by atoms with Gasteiger partial charge in [-0.15, -0.1) is 0 Å². The quantitative estimate of drug-likeness (QED) is 0.899. The summed E-state index contributed by atoms with van der Waals surface area (Å²) in [5.74, 6) is -0.273. The van der Waals surface area contributed by atoms with Gasteiger partial charge in [0.25, 0.3) is 0 Å². The third kappa shape index (κ3) is 4.69. The average molecular weight is 335 g/mol. The Morgan fingerprint density at radius 3 is 2.54 bits per heavy atom. The van der Waals surface area contributed by atoms with Gasteiger partial charge >= 0.3 is 6.03 Å². The van der Waals surface area contributed by atoms with Crippen molar-refractivity contribution < 1.29 is 14.0 Å². The highest BCUT2D eigenvalue weighted by molar-refractivity contribution is 5.81. The number of urea groups is 1. The van der Waals surface area contributed by atoms with E-state index in [9.17, 15) is 14.0 Å². The Morgan fingerprint density at radius 1 is 1.25 bits per heavy atom. The first-order valence-electron chi connectivity index (χ1n) is 8.61. The second kappa shape index (κ2) is 8.66. The van der Waals surface area contributed by atoms with Crippen LogP contribution < -0.4 is 5.32 Å². The van der Waals surface area contributed by atoms with E-state index < -0.39 is 0 Å². The molecule has 0 spiro atoms. The molecule has 0 aromatic heterocycles. The average Bonchev–Trinajstić information content (AvgIpc) is 2.62. The second-order valence-electron chi connectivity index (χ2n) is 6.08. The smallest absolute Gasteiger partial charge is 0.317 e. The van der Waals surface area contributed by atoms with Crippen LogP contribution in [0.15, 0.2) is 24.3 Å². The van der Waals surface area contributed by atoms with Crippen molar-refractivity contribution in [1.29, 1.82) is 0 Å². The van der Waals surface area contributed by atoms with Crippen molar-refractivity contribution in [3.63, 3.8) is 0 Å². The zero-order chi connectivity index (χ0) is 17.5. The van der Waals surface area contributed by atoms with Crippen LogP contribution in [0.3, 0.4) is 0 Å². The summed E-state index contributed by atoms with van der Waals surface area (Å²) in [7, 11) is 0. The molecular formula is C18H26FN3O2. The van der Waals surface area contributed by atoms with E-state index in [1.54, 1.807) is 17.0 Å². The van der Waals surface area contributed by atoms with E-state index in [0.29, 0.717) is 32.7 Å². The number of hydrogen-bond acceptors (Lipinski definition) is 2. The van der Waals surface area contributed by atoms with Gasteiger partial charge in [-0.3, -0.25) is 4.79 Å². The molecule has 5 nitrogen and oxygen atoms in total. The molecular weight excluding hydrogens is 309 g/mol. The third-order valence-electron chi connectivity index (χ3n) is 4.49. The Labute approximate surface area is 142 Å². The fourth-order valence-corrected chi connectivity index (χ4v) is 3.05. The maximum atomic E-state index is 12.9. The number of piperidine rings is 1. The molecule has 0 radical (unpaired) electrons. The molecule has 132 valence electrons. The Balaban J connectivity index is 1.87. The normalized spacial score (nSPS) is 17.5. The second-order valence-corrected chi connectivity index (χ2v) is 6.08. The van der Waals surface area contributed by atoms with E-state index in [2.05, 4.69) is 5.32 Å². The van der Waals surface area contributed by atoms with Crippen molar-refractivity contribution in [3.8, 4) is 0 Å². The van der Waals surface area contributed by atoms with Crippen molar-refractivity contribution in [2.45, 2.75) is 33.2 Å². The monoisotopic (exact) mass is 335 g/mol. The first kappa shape index (κ1) is 18.2. The number of carbonyl (C=O) groups is 2. The van der Waals surface area contributed by atoms with Gasteiger partial charge in [0.15, 0.2) is 0 Å². The van der Waals surface area contributed by atoms with E-state index in [4.69, 9.17) is 0 Å². The molecule has 0 bridgehead atoms. The van der Waals surface area contributed by atoms with Gasteiger partial charge in [0.05, 0.1) is 5.92 Å². The molecule has 1 aromatic carbocycles. The van der Waals surface area contributed by atoms with Crippen molar-refractivity contribution in [2.24, 2.45) is 5.92 Å². The molecule has 1 aromatic rings. The number of nitrogens with zero attached hydrogens (tertiary/aromatic N) is 2. The van der Waals surface area contributed by atoms with Crippen LogP contribution in [0.25, 0.3) is 0 Å². The predicted octanol–water partition coefficient (Wildman–Crippen LogP) is 2.62. The number of amides is 3. The maximum Gasteiger partial charge on any atom is 0.317 e. The molecule has 1 fully saturated rings. The number of benzene rings is 1. The number of rotatable bonds is 5. The summed E-state index contributed by atoms with van der Waals surface area (Å²) < 4.78 is 12.9. The Bertz CT molecular complexity index is 558. The molecule has 1 unspecified atom stereocenters. The molecule has 0 saturated carbocycles. The third-order valence-corrected chi connectivity index (χ3v) is 4.49. The van der Waals surface area contributed by atoms with Crippen molar-refractivity contribution in [3.05, 3.63) is 35.6 Å². The highest BCUT2D eigenvalue weighted by Gasteiger charge is 2.30. The molecule has 6 heteroatoms. The maximum absolute atomic E-state index is 12.9. The summed E-state index contributed by atoms with van der Waals surface area (Å²) in [5.41, 5.74) is 0.845. The lowest BCUT2D eigenvalue weighted by molar-refractivity contribution is -0.136. The lowest BCUT2D eigenvalue weighted by atomic mass is 9.96. The van der Waals surface area contributed by atoms with Crippen LogP contribution in [0.4, 0.5) is 9.18 Å². The summed E-state index contributed by atoms with van der Waals surface area (Å²) in [5, 5.41) is 2.84. The first-order chi connectivity index (χ1) is 11.5. The van der Waals surface area contributed by atoms with Gasteiger partial charge in [0, 0.05) is 32.7 Å². The number of nitrogens with one attached hydrogen (secondary N) is 1. The minimum absolute atomic E-state index is 0.116. The Hall–Kier alpha value is -2.11. The molecule has 0 aliphatic carbocycles. The van der Waals surface area contributed by atoms with Crippen LogP contribution in [0.1, 0.15) is 32.3 Å². The van der Waals surface area contributed by atoms with Crippen molar-refractivity contribution in [2.75, 3.05) is 26.2 Å². The van der Waals surface area contributed by atoms with Crippen LogP contribution in [-0.4, -0.2) is 47.9 Å². The fraction of sp³-hybridized carbons (Fsp3) is 0.556. The van der Waals surface area contributed by atoms with Gasteiger partial charge in [-0.2, -0.15) is 0 Å². The molecule has 3 amide bonds. The van der Waals surface area contributed by atoms with Gasteiger partial charge in [-0.1, -0.05) is 12.1 Å². The van der Waals surface area contributed by atoms with Gasteiger partial charge in [0.2, 0.25) is 5.91 Å². The number of hydrogen-bond donors (Lipinski definition) is 1. The molecule has 1 heterocycles. The molecule has 1 saturated heterocycles. The first-order valence-corrected chi connectivity index (χ1v) is 8.61. The number of carbonyl (C=O) groups excluding carboxylic acids is 2. The van der Waals surface area contributed by atoms with Crippen LogP contribution in [0, 0.1) is 11.7 Å². The van der Waals surface area contributed by atoms with Gasteiger partial charge < -0.3 is 15.1 Å². The van der Waals surface area contributed by atoms with Crippen molar-refractivity contribution in [1.82, 2.24) is 15.1 Å². The largest absolute Gasteiger partial charge is 0.343 e. The summed E-state index contributed by atoms with van der Waals surface area (Å²) in [6.45, 7) is 6.81. The molecule has 1 aliphatic heterocycles. The number of halogens is 1. The van der Waals surface area contributed by atoms with Gasteiger partial charge in [-0.25, -0.2) is 9.18 Å². The minimum atomic E-state index is -0.293. The fourth-order valence-electron chi connectivity index (χ4n) is 3.05. The SMILES string of the molecule is CCN(CC)C(=O)C1CCCN(C(=O)NCc2ccc(F)cc2)C1. The molecule has 2 rings (SSSR count). The summed E-state index contributed by atoms with van der Waals surface area (Å²) >= 11 is 0. The Morgan fingerprint density at radius 2 is 1.92 bits per heavy atom. The summed E-state index contributed by atoms with van der Waals surface area (Å²) in [4.78, 5) is 28.3. The minimum Gasteiger partial charge on any atom is -0.343 e. The Kier molecular flexibility index (Phi) is 6.58. The van der Waals surface area contributed by atoms with Crippen LogP contribution in [-0.2, 0) is 11.3 Å². The molecule has 24 heavy (non-hydrogen) atoms. The van der Waals surface area contributed by atoms with E-state index in [1.807, 2.05) is 18.7 Å². The summed E-state index contributed by atoms with van der Waals surface area (Å²) in [6.07, 6.45) is 1.67. The van der Waals surface area contributed by atoms with Crippen LogP contribution in [0.5, 0.6) is 0 Å². The van der Waals surface area contributed by atoms with E-state index in [1.165, 1.54) is 12.1 Å². The zero-order valence-corrected chi connectivity index (χ0v) is 14.4. The molecule has 1 N–H and O–H groups in total. The predicted molar refractivity (Wildman–Crippen MR) is 90.9 cm³/mol. The number of likely N-dealkylation sites (tertiary alicyclic amines) is 1. The van der Waals surface area contributed by atoms with E-state index in [0.717, 1.165) is 18.4 Å². The molecule has 1 atom stereocenters. The highest BCUT2D eigenvalue weighted by Crippen LogP contribution is 2.19. The van der Waals surface area contributed by atoms with Crippen LogP contribution in [0.2, 0.25) is 0 Å². The van der Waals surface area contributed by atoms with Gasteiger partial charge in [0.1, 0.15) is 5.82 Å². The molecule has 1 aliphatic rings. The van der Waals surface area contributed by atoms with Crippen LogP contribution >= 0.6 is 0 Å². The lowest BCUT2D eigenvalue weighted by Crippen LogP contribution is -2.49. The standard InChI is InChI=1S/C18H26FN3O2/c1-3-21(4-2)17(23)15-6-5-11-22(13-15)18(24)20-12-14-7-9-16(19)10-8-14/h7-10,15H,3-6,11-13H2,1-2H3,(H,20,24). The van der Waals surface area contributed by atoms with Gasteiger partial charge in [-0.05, 0) is 44.4 Å². The van der Waals surface area contributed by atoms with E-state index >= 15 is 0 Å². The summed E-state index contributed by atoms with van der Waals surface area (Å²) in [6, 6.07) is 5.88. The zero-order valence-electron chi connectivity index (χ0n) is 14.4. The van der Waals surface area contributed by atoms with Crippen molar-refractivity contribution >= 4 is 11.9 Å². The van der Waals surface area contributed by atoms with E-state index in [-0.39, 0.29) is 23.7 Å².